The maximum Gasteiger partial charge on any atom is 0.275 e. The number of hydrogen-bond acceptors (Lipinski definition) is 4. The largest absolute Gasteiger partial charge is 0.395 e. The lowest BCUT2D eigenvalue weighted by Crippen LogP contribution is -2.31. The van der Waals surface area contributed by atoms with Gasteiger partial charge in [-0.05, 0) is 6.42 Å². The molecule has 0 fully saturated rings. The maximum absolute atomic E-state index is 11.6. The fraction of sp³-hybridized carbons (Fsp3) is 0.571. The number of aromatic amines is 2. The number of nitrogens with zero attached hydrogens (tertiary/aromatic N) is 1. The highest BCUT2D eigenvalue weighted by Gasteiger charge is 2.10. The van der Waals surface area contributed by atoms with E-state index in [1.54, 1.807) is 6.20 Å². The Morgan fingerprint density at radius 1 is 1.40 bits per heavy atom. The molecule has 0 aliphatic heterocycles. The van der Waals surface area contributed by atoms with Crippen molar-refractivity contribution in [1.82, 2.24) is 20.3 Å². The van der Waals surface area contributed by atoms with Crippen molar-refractivity contribution in [2.45, 2.75) is 45.2 Å². The first-order valence-corrected chi connectivity index (χ1v) is 7.14. The molecule has 110 valence electrons. The summed E-state index contributed by atoms with van der Waals surface area (Å²) in [5, 5.41) is 12.7. The van der Waals surface area contributed by atoms with Crippen LogP contribution in [0, 0.1) is 0 Å². The molecule has 0 saturated heterocycles. The van der Waals surface area contributed by atoms with Crippen molar-refractivity contribution < 1.29 is 5.11 Å². The Balaban J connectivity index is 1.98. The lowest BCUT2D eigenvalue weighted by atomic mass is 10.1. The number of unbranched alkanes of at least 4 members (excludes halogenated alkanes) is 2. The number of aliphatic hydroxyl groups excluding tert-OH is 1. The van der Waals surface area contributed by atoms with E-state index >= 15 is 0 Å². The number of rotatable bonds is 8. The Morgan fingerprint density at radius 2 is 2.25 bits per heavy atom. The Labute approximate surface area is 117 Å². The van der Waals surface area contributed by atoms with E-state index in [-0.39, 0.29) is 18.2 Å². The molecular formula is C14H22N4O2. The molecule has 2 aromatic rings. The molecule has 6 nitrogen and oxygen atoms in total. The van der Waals surface area contributed by atoms with E-state index in [0.29, 0.717) is 17.6 Å². The summed E-state index contributed by atoms with van der Waals surface area (Å²) < 4.78 is 0. The van der Waals surface area contributed by atoms with E-state index in [2.05, 4.69) is 27.2 Å². The van der Waals surface area contributed by atoms with E-state index in [0.717, 1.165) is 18.4 Å². The predicted octanol–water partition coefficient (Wildman–Crippen LogP) is 1.28. The van der Waals surface area contributed by atoms with Crippen molar-refractivity contribution in [2.24, 2.45) is 0 Å². The van der Waals surface area contributed by atoms with E-state index in [1.807, 2.05) is 0 Å². The smallest absolute Gasteiger partial charge is 0.275 e. The average molecular weight is 278 g/mol. The van der Waals surface area contributed by atoms with Crippen LogP contribution < -0.4 is 10.9 Å². The highest BCUT2D eigenvalue weighted by molar-refractivity contribution is 5.77. The van der Waals surface area contributed by atoms with Crippen LogP contribution in [0.5, 0.6) is 0 Å². The molecule has 1 atom stereocenters. The zero-order chi connectivity index (χ0) is 14.4. The van der Waals surface area contributed by atoms with Gasteiger partial charge in [-0.2, -0.15) is 0 Å². The van der Waals surface area contributed by atoms with E-state index in [1.165, 1.54) is 19.2 Å². The van der Waals surface area contributed by atoms with E-state index in [9.17, 15) is 9.90 Å². The van der Waals surface area contributed by atoms with Gasteiger partial charge in [0.1, 0.15) is 5.52 Å². The fourth-order valence-electron chi connectivity index (χ4n) is 2.29. The van der Waals surface area contributed by atoms with Crippen LogP contribution in [0.3, 0.4) is 0 Å². The average Bonchev–Trinajstić information content (AvgIpc) is 2.87. The third-order valence-corrected chi connectivity index (χ3v) is 3.51. The molecule has 0 radical (unpaired) electrons. The van der Waals surface area contributed by atoms with Gasteiger partial charge in [0.15, 0.2) is 0 Å². The molecule has 0 bridgehead atoms. The van der Waals surface area contributed by atoms with Gasteiger partial charge in [-0.25, -0.2) is 4.98 Å². The summed E-state index contributed by atoms with van der Waals surface area (Å²) in [6.45, 7) is 2.88. The lowest BCUT2D eigenvalue weighted by molar-refractivity contribution is 0.232. The third-order valence-electron chi connectivity index (χ3n) is 3.51. The molecular weight excluding hydrogens is 256 g/mol. The van der Waals surface area contributed by atoms with Gasteiger partial charge in [-0.3, -0.25) is 4.79 Å². The maximum atomic E-state index is 11.6. The van der Waals surface area contributed by atoms with Crippen LogP contribution in [-0.4, -0.2) is 32.7 Å². The highest BCUT2D eigenvalue weighted by atomic mass is 16.3. The molecule has 4 N–H and O–H groups in total. The molecule has 20 heavy (non-hydrogen) atoms. The SMILES string of the molecule is CCCCCC(CO)NCc1c[nH]c2c(=O)[nH]cnc12. The summed E-state index contributed by atoms with van der Waals surface area (Å²) in [5.74, 6) is 0. The summed E-state index contributed by atoms with van der Waals surface area (Å²) in [6, 6.07) is 0.0912. The van der Waals surface area contributed by atoms with E-state index in [4.69, 9.17) is 0 Å². The number of aromatic nitrogens is 3. The number of nitrogens with one attached hydrogen (secondary N) is 3. The van der Waals surface area contributed by atoms with Gasteiger partial charge in [0, 0.05) is 24.3 Å². The minimum Gasteiger partial charge on any atom is -0.395 e. The van der Waals surface area contributed by atoms with Gasteiger partial charge in [0.05, 0.1) is 18.5 Å². The van der Waals surface area contributed by atoms with Crippen molar-refractivity contribution in [1.29, 1.82) is 0 Å². The third kappa shape index (κ3) is 3.46. The van der Waals surface area contributed by atoms with Crippen LogP contribution in [0.4, 0.5) is 0 Å². The molecule has 0 saturated carbocycles. The minimum absolute atomic E-state index is 0.0912. The van der Waals surface area contributed by atoms with Gasteiger partial charge in [0.2, 0.25) is 0 Å². The molecule has 0 amide bonds. The Hall–Kier alpha value is -1.66. The second-order valence-corrected chi connectivity index (χ2v) is 5.03. The van der Waals surface area contributed by atoms with Crippen LogP contribution in [0.2, 0.25) is 0 Å². The molecule has 6 heteroatoms. The summed E-state index contributed by atoms with van der Waals surface area (Å²) in [4.78, 5) is 21.2. The molecule has 1 unspecified atom stereocenters. The summed E-state index contributed by atoms with van der Waals surface area (Å²) in [7, 11) is 0. The number of hydrogen-bond donors (Lipinski definition) is 4. The van der Waals surface area contributed by atoms with Gasteiger partial charge >= 0.3 is 0 Å². The van der Waals surface area contributed by atoms with Crippen LogP contribution in [-0.2, 0) is 6.54 Å². The number of fused-ring (bicyclic) bond motifs is 1. The van der Waals surface area contributed by atoms with Crippen molar-refractivity contribution >= 4 is 11.0 Å². The van der Waals surface area contributed by atoms with Gasteiger partial charge in [0.25, 0.3) is 5.56 Å². The zero-order valence-corrected chi connectivity index (χ0v) is 11.8. The predicted molar refractivity (Wildman–Crippen MR) is 78.6 cm³/mol. The van der Waals surface area contributed by atoms with E-state index < -0.39 is 0 Å². The topological polar surface area (TPSA) is 93.8 Å². The first-order chi connectivity index (χ1) is 9.76. The second-order valence-electron chi connectivity index (χ2n) is 5.03. The van der Waals surface area contributed by atoms with Crippen LogP contribution >= 0.6 is 0 Å². The first-order valence-electron chi connectivity index (χ1n) is 7.14. The Morgan fingerprint density at radius 3 is 3.00 bits per heavy atom. The molecule has 0 aliphatic rings. The molecule has 2 aromatic heterocycles. The molecule has 0 spiro atoms. The van der Waals surface area contributed by atoms with Crippen molar-refractivity contribution in [2.75, 3.05) is 6.61 Å². The minimum atomic E-state index is -0.164. The summed E-state index contributed by atoms with van der Waals surface area (Å²) in [6.07, 6.45) is 7.63. The fourth-order valence-corrected chi connectivity index (χ4v) is 2.29. The number of aliphatic hydroxyl groups is 1. The number of H-pyrrole nitrogens is 2. The first kappa shape index (κ1) is 14.7. The van der Waals surface area contributed by atoms with Crippen LogP contribution in [0.15, 0.2) is 17.3 Å². The normalized spacial score (nSPS) is 12.9. The van der Waals surface area contributed by atoms with Crippen molar-refractivity contribution in [3.8, 4) is 0 Å². The van der Waals surface area contributed by atoms with Crippen LogP contribution in [0.1, 0.15) is 38.2 Å². The standard InChI is InChI=1S/C14H22N4O2/c1-2-3-4-5-11(8-19)15-6-10-7-16-13-12(10)17-9-18-14(13)20/h7,9,11,15-16,19H,2-6,8H2,1H3,(H,17,18,20). The van der Waals surface area contributed by atoms with Crippen molar-refractivity contribution in [3.63, 3.8) is 0 Å². The van der Waals surface area contributed by atoms with Crippen LogP contribution in [0.25, 0.3) is 11.0 Å². The molecule has 0 aromatic carbocycles. The van der Waals surface area contributed by atoms with Gasteiger partial charge in [-0.15, -0.1) is 0 Å². The Kier molecular flexibility index (Phi) is 5.31. The van der Waals surface area contributed by atoms with Gasteiger partial charge in [-0.1, -0.05) is 26.2 Å². The lowest BCUT2D eigenvalue weighted by Gasteiger charge is -2.15. The van der Waals surface area contributed by atoms with Gasteiger partial charge < -0.3 is 20.4 Å². The Bertz CT molecular complexity index is 590. The second kappa shape index (κ2) is 7.21. The summed E-state index contributed by atoms with van der Waals surface area (Å²) in [5.41, 5.74) is 1.96. The molecule has 0 aliphatic carbocycles. The quantitative estimate of drug-likeness (QED) is 0.547. The monoisotopic (exact) mass is 278 g/mol. The zero-order valence-electron chi connectivity index (χ0n) is 11.8. The molecule has 2 heterocycles. The molecule has 2 rings (SSSR count). The highest BCUT2D eigenvalue weighted by Crippen LogP contribution is 2.12. The van der Waals surface area contributed by atoms with Crippen molar-refractivity contribution in [3.05, 3.63) is 28.4 Å². The summed E-state index contributed by atoms with van der Waals surface area (Å²) >= 11 is 0.